The average molecular weight is 599 g/mol. The highest BCUT2D eigenvalue weighted by atomic mass is 33.1. The molecule has 0 fully saturated rings. The van der Waals surface area contributed by atoms with E-state index < -0.39 is 48.3 Å². The molecule has 1 aromatic rings. The number of hydrogen-bond acceptors (Lipinski definition) is 10. The number of phenolic OH excluding ortho intramolecular Hbond substituents is 1. The molecule has 1 aromatic carbocycles. The highest BCUT2D eigenvalue weighted by Gasteiger charge is 2.32. The van der Waals surface area contributed by atoms with Crippen LogP contribution < -0.4 is 27.0 Å². The number of aldehydes is 1. The van der Waals surface area contributed by atoms with E-state index in [0.29, 0.717) is 44.1 Å². The number of rotatable bonds is 20. The van der Waals surface area contributed by atoms with Gasteiger partial charge in [0.25, 0.3) is 0 Å². The molecule has 222 valence electrons. The average Bonchev–Trinajstić information content (AvgIpc) is 2.95. The zero-order chi connectivity index (χ0) is 29.9. The van der Waals surface area contributed by atoms with E-state index in [2.05, 4.69) is 21.3 Å². The van der Waals surface area contributed by atoms with Crippen LogP contribution in [-0.4, -0.2) is 103 Å². The Bertz CT molecular complexity index is 983. The summed E-state index contributed by atoms with van der Waals surface area (Å²) in [6.07, 6.45) is 4.34. The van der Waals surface area contributed by atoms with Crippen molar-refractivity contribution in [2.45, 2.75) is 43.8 Å². The van der Waals surface area contributed by atoms with Gasteiger partial charge in [0.1, 0.15) is 30.2 Å². The van der Waals surface area contributed by atoms with Gasteiger partial charge in [-0.15, -0.1) is 0 Å². The van der Waals surface area contributed by atoms with Gasteiger partial charge < -0.3 is 41.8 Å². The number of nitrogens with zero attached hydrogens (tertiary/aromatic N) is 1. The van der Waals surface area contributed by atoms with Crippen molar-refractivity contribution in [2.75, 3.05) is 38.7 Å². The van der Waals surface area contributed by atoms with Crippen LogP contribution in [-0.2, 0) is 35.2 Å². The third-order valence-electron chi connectivity index (χ3n) is 5.78. The van der Waals surface area contributed by atoms with Crippen LogP contribution in [0.2, 0.25) is 0 Å². The van der Waals surface area contributed by atoms with Crippen molar-refractivity contribution in [1.29, 1.82) is 0 Å². The maximum absolute atomic E-state index is 13.3. The van der Waals surface area contributed by atoms with Gasteiger partial charge >= 0.3 is 0 Å². The number of phenols is 1. The molecule has 3 atom stereocenters. The first-order chi connectivity index (χ1) is 19.2. The lowest BCUT2D eigenvalue weighted by atomic mass is 10.0. The molecule has 0 saturated carbocycles. The minimum Gasteiger partial charge on any atom is -0.508 e. The Labute approximate surface area is 241 Å². The number of benzene rings is 1. The summed E-state index contributed by atoms with van der Waals surface area (Å²) in [4.78, 5) is 74.4. The number of carbonyl (C=O) groups is 6. The highest BCUT2D eigenvalue weighted by Crippen LogP contribution is 2.19. The van der Waals surface area contributed by atoms with E-state index in [-0.39, 0.29) is 24.5 Å². The van der Waals surface area contributed by atoms with Crippen molar-refractivity contribution >= 4 is 57.9 Å². The van der Waals surface area contributed by atoms with Crippen LogP contribution in [0.4, 0.5) is 0 Å². The van der Waals surface area contributed by atoms with E-state index in [1.165, 1.54) is 45.7 Å². The van der Waals surface area contributed by atoms with Gasteiger partial charge in [0.05, 0.1) is 13.1 Å². The van der Waals surface area contributed by atoms with Gasteiger partial charge in [-0.05, 0) is 49.8 Å². The summed E-state index contributed by atoms with van der Waals surface area (Å²) in [7, 11) is 4.22. The SMILES string of the molecule is CSSCC(NC=O)C(=O)N(C)C(Cc1ccc(O)cc1)C(=O)NCC(=O)NC(CCCCN)C(=O)NCC=O. The maximum atomic E-state index is 13.3. The predicted octanol–water partition coefficient (Wildman–Crippen LogP) is -1.07. The third-order valence-corrected chi connectivity index (χ3v) is 7.60. The van der Waals surface area contributed by atoms with Gasteiger partial charge in [0.2, 0.25) is 30.0 Å². The van der Waals surface area contributed by atoms with E-state index >= 15 is 0 Å². The Kier molecular flexibility index (Phi) is 17.1. The molecular weight excluding hydrogens is 560 g/mol. The Morgan fingerprint density at radius 3 is 2.35 bits per heavy atom. The monoisotopic (exact) mass is 598 g/mol. The summed E-state index contributed by atoms with van der Waals surface area (Å²) in [6.45, 7) is -0.256. The molecule has 5 amide bonds. The van der Waals surface area contributed by atoms with Crippen molar-refractivity contribution < 1.29 is 33.9 Å². The first-order valence-electron chi connectivity index (χ1n) is 12.6. The standard InChI is InChI=1S/C25H38N6O7S2/c1-31(25(38)20(29-16-33)15-40-39-2)21(13-17-6-8-18(34)9-7-17)24(37)28-14-22(35)30-19(5-3-4-10-26)23(36)27-11-12-32/h6-9,12,16,19-21,34H,3-5,10-11,13-15,26H2,1-2H3,(H,27,36)(H,28,37)(H,29,33)(H,30,35). The number of nitrogens with two attached hydrogens (primary N) is 1. The van der Waals surface area contributed by atoms with Crippen LogP contribution in [0.15, 0.2) is 24.3 Å². The minimum atomic E-state index is -1.06. The molecule has 13 nitrogen and oxygen atoms in total. The fraction of sp³-hybridized carbons (Fsp3) is 0.520. The lowest BCUT2D eigenvalue weighted by Crippen LogP contribution is -2.56. The molecule has 0 saturated heterocycles. The molecule has 0 radical (unpaired) electrons. The van der Waals surface area contributed by atoms with Crippen molar-refractivity contribution in [3.8, 4) is 5.75 Å². The van der Waals surface area contributed by atoms with Crippen LogP contribution in [0.5, 0.6) is 5.75 Å². The first-order valence-corrected chi connectivity index (χ1v) is 15.3. The van der Waals surface area contributed by atoms with E-state index in [4.69, 9.17) is 5.73 Å². The van der Waals surface area contributed by atoms with Crippen molar-refractivity contribution in [2.24, 2.45) is 5.73 Å². The summed E-state index contributed by atoms with van der Waals surface area (Å²) in [5.41, 5.74) is 6.15. The van der Waals surface area contributed by atoms with Crippen molar-refractivity contribution in [3.63, 3.8) is 0 Å². The molecule has 0 heterocycles. The van der Waals surface area contributed by atoms with Crippen LogP contribution in [0, 0.1) is 0 Å². The molecule has 40 heavy (non-hydrogen) atoms. The van der Waals surface area contributed by atoms with Gasteiger partial charge in [-0.1, -0.05) is 33.7 Å². The summed E-state index contributed by atoms with van der Waals surface area (Å²) in [5, 5.41) is 19.6. The Hall–Kier alpha value is -3.30. The van der Waals surface area contributed by atoms with E-state index in [1.807, 2.05) is 6.26 Å². The summed E-state index contributed by atoms with van der Waals surface area (Å²) in [5.74, 6) is -1.99. The summed E-state index contributed by atoms with van der Waals surface area (Å²) < 4.78 is 0. The Balaban J connectivity index is 3.01. The summed E-state index contributed by atoms with van der Waals surface area (Å²) in [6, 6.07) is 3.26. The van der Waals surface area contributed by atoms with Crippen LogP contribution in [0.25, 0.3) is 0 Å². The normalized spacial score (nSPS) is 12.8. The molecule has 0 aliphatic rings. The molecule has 3 unspecified atom stereocenters. The number of nitrogens with one attached hydrogen (secondary N) is 4. The fourth-order valence-corrected chi connectivity index (χ4v) is 4.95. The second-order valence-electron chi connectivity index (χ2n) is 8.66. The molecule has 0 spiro atoms. The second kappa shape index (κ2) is 19.7. The number of unbranched alkanes of at least 4 members (excludes halogenated alkanes) is 1. The number of amides is 5. The van der Waals surface area contributed by atoms with Crippen LogP contribution >= 0.6 is 21.6 Å². The smallest absolute Gasteiger partial charge is 0.246 e. The van der Waals surface area contributed by atoms with Gasteiger partial charge in [-0.2, -0.15) is 0 Å². The summed E-state index contributed by atoms with van der Waals surface area (Å²) >= 11 is 0. The first kappa shape index (κ1) is 34.7. The zero-order valence-electron chi connectivity index (χ0n) is 22.6. The molecular formula is C25H38N6O7S2. The van der Waals surface area contributed by atoms with Gasteiger partial charge in [0.15, 0.2) is 0 Å². The topological polar surface area (TPSA) is 200 Å². The van der Waals surface area contributed by atoms with Crippen LogP contribution in [0.3, 0.4) is 0 Å². The molecule has 1 rings (SSSR count). The molecule has 0 aromatic heterocycles. The van der Waals surface area contributed by atoms with E-state index in [1.54, 1.807) is 12.1 Å². The lowest BCUT2D eigenvalue weighted by Gasteiger charge is -2.30. The third kappa shape index (κ3) is 12.7. The molecule has 0 aliphatic heterocycles. The number of aromatic hydroxyl groups is 1. The van der Waals surface area contributed by atoms with Gasteiger partial charge in [-0.25, -0.2) is 0 Å². The van der Waals surface area contributed by atoms with E-state index in [9.17, 15) is 33.9 Å². The van der Waals surface area contributed by atoms with Gasteiger partial charge in [0, 0.05) is 19.2 Å². The number of hydrogen-bond donors (Lipinski definition) is 6. The van der Waals surface area contributed by atoms with E-state index in [0.717, 1.165) is 0 Å². The predicted molar refractivity (Wildman–Crippen MR) is 154 cm³/mol. The second-order valence-corrected chi connectivity index (χ2v) is 11.3. The zero-order valence-corrected chi connectivity index (χ0v) is 24.2. The molecule has 0 aliphatic carbocycles. The quantitative estimate of drug-likeness (QED) is 0.0610. The maximum Gasteiger partial charge on any atom is 0.246 e. The minimum absolute atomic E-state index is 0.0355. The Morgan fingerprint density at radius 2 is 1.75 bits per heavy atom. The van der Waals surface area contributed by atoms with Crippen molar-refractivity contribution in [1.82, 2.24) is 26.2 Å². The largest absolute Gasteiger partial charge is 0.508 e. The van der Waals surface area contributed by atoms with Gasteiger partial charge in [-0.3, -0.25) is 24.0 Å². The Morgan fingerprint density at radius 1 is 1.05 bits per heavy atom. The number of likely N-dealkylation sites (N-methyl/N-ethyl adjacent to an activating group) is 1. The van der Waals surface area contributed by atoms with Crippen LogP contribution in [0.1, 0.15) is 24.8 Å². The molecule has 15 heteroatoms. The lowest BCUT2D eigenvalue weighted by molar-refractivity contribution is -0.141. The fourth-order valence-electron chi connectivity index (χ4n) is 3.63. The highest BCUT2D eigenvalue weighted by molar-refractivity contribution is 8.76. The molecule has 0 bridgehead atoms. The number of carbonyl (C=O) groups excluding carboxylic acids is 6. The molecule has 7 N–H and O–H groups in total. The van der Waals surface area contributed by atoms with Crippen molar-refractivity contribution in [3.05, 3.63) is 29.8 Å².